The maximum absolute atomic E-state index is 12.8. The van der Waals surface area contributed by atoms with Gasteiger partial charge in [-0.2, -0.15) is 0 Å². The Morgan fingerprint density at radius 3 is 2.04 bits per heavy atom. The smallest absolute Gasteiger partial charge is 0.322 e. The Labute approximate surface area is 140 Å². The highest BCUT2D eigenvalue weighted by Gasteiger charge is 2.47. The quantitative estimate of drug-likeness (QED) is 0.645. The molecule has 5 heteroatoms. The molecule has 122 valence electrons. The molecule has 0 bridgehead atoms. The van der Waals surface area contributed by atoms with Crippen LogP contribution in [-0.2, 0) is 4.79 Å². The average Bonchev–Trinajstić information content (AvgIpc) is 2.86. The van der Waals surface area contributed by atoms with Crippen molar-refractivity contribution in [3.05, 3.63) is 71.8 Å². The van der Waals surface area contributed by atoms with E-state index >= 15 is 0 Å². The number of carbonyl (C=O) groups is 3. The van der Waals surface area contributed by atoms with Crippen LogP contribution in [0.25, 0.3) is 0 Å². The number of likely N-dealkylation sites (N-methyl/N-ethyl adjacent to an activating group) is 1. The van der Waals surface area contributed by atoms with Crippen LogP contribution in [0, 0.1) is 0 Å². The molecule has 1 heterocycles. The van der Waals surface area contributed by atoms with Gasteiger partial charge in [0.05, 0.1) is 12.1 Å². The number of rotatable bonds is 3. The summed E-state index contributed by atoms with van der Waals surface area (Å²) < 4.78 is 0. The SMILES string of the molecule is C[C@H]1[C@@H](c2ccccc2)N(C(=O)C(=O)c2ccccc2)C(=O)N1C. The van der Waals surface area contributed by atoms with E-state index in [1.165, 1.54) is 4.90 Å². The molecule has 5 nitrogen and oxygen atoms in total. The first-order chi connectivity index (χ1) is 11.5. The lowest BCUT2D eigenvalue weighted by Gasteiger charge is -2.23. The molecule has 24 heavy (non-hydrogen) atoms. The Hall–Kier alpha value is -2.95. The van der Waals surface area contributed by atoms with E-state index < -0.39 is 23.8 Å². The number of benzene rings is 2. The topological polar surface area (TPSA) is 57.7 Å². The molecule has 0 radical (unpaired) electrons. The van der Waals surface area contributed by atoms with E-state index in [2.05, 4.69) is 0 Å². The molecule has 3 amide bonds. The van der Waals surface area contributed by atoms with E-state index in [0.717, 1.165) is 10.5 Å². The number of amides is 3. The van der Waals surface area contributed by atoms with E-state index in [1.54, 1.807) is 37.4 Å². The Balaban J connectivity index is 1.98. The number of nitrogens with zero attached hydrogens (tertiary/aromatic N) is 2. The van der Waals surface area contributed by atoms with Gasteiger partial charge in [-0.15, -0.1) is 0 Å². The first-order valence-electron chi connectivity index (χ1n) is 7.77. The predicted octanol–water partition coefficient (Wildman–Crippen LogP) is 2.89. The van der Waals surface area contributed by atoms with Crippen molar-refractivity contribution in [2.24, 2.45) is 0 Å². The highest BCUT2D eigenvalue weighted by atomic mass is 16.2. The van der Waals surface area contributed by atoms with Crippen LogP contribution in [0.3, 0.4) is 0 Å². The number of carbonyl (C=O) groups excluding carboxylic acids is 3. The Morgan fingerprint density at radius 2 is 1.46 bits per heavy atom. The second-order valence-corrected chi connectivity index (χ2v) is 5.86. The number of urea groups is 1. The molecule has 2 atom stereocenters. The van der Waals surface area contributed by atoms with Crippen LogP contribution < -0.4 is 0 Å². The largest absolute Gasteiger partial charge is 0.327 e. The Morgan fingerprint density at radius 1 is 0.917 bits per heavy atom. The van der Waals surface area contributed by atoms with Gasteiger partial charge >= 0.3 is 11.9 Å². The zero-order chi connectivity index (χ0) is 17.3. The molecule has 0 saturated carbocycles. The monoisotopic (exact) mass is 322 g/mol. The zero-order valence-corrected chi connectivity index (χ0v) is 13.5. The summed E-state index contributed by atoms with van der Waals surface area (Å²) in [5.41, 5.74) is 1.11. The third-order valence-electron chi connectivity index (χ3n) is 4.44. The summed E-state index contributed by atoms with van der Waals surface area (Å²) in [5, 5.41) is 0. The molecular formula is C19H18N2O3. The van der Waals surface area contributed by atoms with Crippen LogP contribution in [0.5, 0.6) is 0 Å². The zero-order valence-electron chi connectivity index (χ0n) is 13.5. The summed E-state index contributed by atoms with van der Waals surface area (Å²) >= 11 is 0. The van der Waals surface area contributed by atoms with Gasteiger partial charge in [0.15, 0.2) is 0 Å². The summed E-state index contributed by atoms with van der Waals surface area (Å²) in [6.45, 7) is 1.87. The van der Waals surface area contributed by atoms with E-state index in [4.69, 9.17) is 0 Å². The molecule has 2 aromatic carbocycles. The van der Waals surface area contributed by atoms with Crippen molar-refractivity contribution < 1.29 is 14.4 Å². The normalized spacial score (nSPS) is 20.3. The van der Waals surface area contributed by atoms with Crippen molar-refractivity contribution in [3.8, 4) is 0 Å². The minimum absolute atomic E-state index is 0.215. The average molecular weight is 322 g/mol. The third-order valence-corrected chi connectivity index (χ3v) is 4.44. The van der Waals surface area contributed by atoms with Gasteiger partial charge in [-0.05, 0) is 12.5 Å². The van der Waals surface area contributed by atoms with E-state index in [0.29, 0.717) is 0 Å². The standard InChI is InChI=1S/C19H18N2O3/c1-13-16(14-9-5-3-6-10-14)21(19(24)20(13)2)18(23)17(22)15-11-7-4-8-12-15/h3-13,16H,1-2H3/t13-,16-/m0/s1. The van der Waals surface area contributed by atoms with Gasteiger partial charge in [-0.3, -0.25) is 9.59 Å². The number of hydrogen-bond acceptors (Lipinski definition) is 3. The Kier molecular flexibility index (Phi) is 4.16. The molecule has 0 aromatic heterocycles. The van der Waals surface area contributed by atoms with Crippen molar-refractivity contribution in [1.82, 2.24) is 9.80 Å². The first-order valence-corrected chi connectivity index (χ1v) is 7.77. The summed E-state index contributed by atoms with van der Waals surface area (Å²) in [5.74, 6) is -1.47. The number of imide groups is 1. The molecule has 1 aliphatic rings. The maximum atomic E-state index is 12.8. The molecule has 2 aromatic rings. The van der Waals surface area contributed by atoms with E-state index in [1.807, 2.05) is 37.3 Å². The summed E-state index contributed by atoms with van der Waals surface area (Å²) in [6.07, 6.45) is 0. The number of hydrogen-bond donors (Lipinski definition) is 0. The van der Waals surface area contributed by atoms with Gasteiger partial charge < -0.3 is 4.90 Å². The molecule has 0 spiro atoms. The highest BCUT2D eigenvalue weighted by molar-refractivity contribution is 6.44. The summed E-state index contributed by atoms with van der Waals surface area (Å²) in [7, 11) is 1.64. The second kappa shape index (κ2) is 6.28. The van der Waals surface area contributed by atoms with Crippen molar-refractivity contribution in [2.75, 3.05) is 7.05 Å². The van der Waals surface area contributed by atoms with Crippen LogP contribution in [0.15, 0.2) is 60.7 Å². The Bertz CT molecular complexity index is 774. The molecule has 1 aliphatic heterocycles. The van der Waals surface area contributed by atoms with Gasteiger partial charge in [0, 0.05) is 12.6 Å². The van der Waals surface area contributed by atoms with Crippen molar-refractivity contribution in [3.63, 3.8) is 0 Å². The van der Waals surface area contributed by atoms with Gasteiger partial charge in [0.1, 0.15) is 0 Å². The lowest BCUT2D eigenvalue weighted by atomic mass is 9.99. The van der Waals surface area contributed by atoms with Crippen LogP contribution >= 0.6 is 0 Å². The van der Waals surface area contributed by atoms with Gasteiger partial charge in [-0.1, -0.05) is 60.7 Å². The third kappa shape index (κ3) is 2.58. The highest BCUT2D eigenvalue weighted by Crippen LogP contribution is 2.34. The van der Waals surface area contributed by atoms with Gasteiger partial charge in [0.2, 0.25) is 0 Å². The van der Waals surface area contributed by atoms with Gasteiger partial charge in [-0.25, -0.2) is 9.69 Å². The first kappa shape index (κ1) is 15.9. The second-order valence-electron chi connectivity index (χ2n) is 5.86. The molecule has 1 fully saturated rings. The van der Waals surface area contributed by atoms with E-state index in [9.17, 15) is 14.4 Å². The lowest BCUT2D eigenvalue weighted by molar-refractivity contribution is -0.124. The molecule has 0 N–H and O–H groups in total. The summed E-state index contributed by atoms with van der Waals surface area (Å²) in [4.78, 5) is 40.4. The molecular weight excluding hydrogens is 304 g/mol. The minimum Gasteiger partial charge on any atom is -0.322 e. The van der Waals surface area contributed by atoms with Crippen molar-refractivity contribution in [2.45, 2.75) is 19.0 Å². The predicted molar refractivity (Wildman–Crippen MR) is 89.4 cm³/mol. The van der Waals surface area contributed by atoms with Crippen LogP contribution in [0.2, 0.25) is 0 Å². The number of Topliss-reactive ketones (excluding diaryl/α,β-unsaturated/α-hetero) is 1. The minimum atomic E-state index is -0.795. The van der Waals surface area contributed by atoms with Gasteiger partial charge in [0.25, 0.3) is 5.78 Å². The van der Waals surface area contributed by atoms with E-state index in [-0.39, 0.29) is 11.6 Å². The maximum Gasteiger partial charge on any atom is 0.327 e. The fraction of sp³-hybridized carbons (Fsp3) is 0.211. The molecule has 0 unspecified atom stereocenters. The van der Waals surface area contributed by atoms with Crippen LogP contribution in [0.1, 0.15) is 28.9 Å². The molecule has 1 saturated heterocycles. The summed E-state index contributed by atoms with van der Waals surface area (Å²) in [6, 6.07) is 16.5. The number of ketones is 1. The molecule has 0 aliphatic carbocycles. The van der Waals surface area contributed by atoms with Crippen LogP contribution in [0.4, 0.5) is 4.79 Å². The van der Waals surface area contributed by atoms with Crippen molar-refractivity contribution in [1.29, 1.82) is 0 Å². The fourth-order valence-corrected chi connectivity index (χ4v) is 3.00. The lowest BCUT2D eigenvalue weighted by Crippen LogP contribution is -2.40. The van der Waals surface area contributed by atoms with Crippen LogP contribution in [-0.4, -0.2) is 40.6 Å². The van der Waals surface area contributed by atoms with Crippen molar-refractivity contribution >= 4 is 17.7 Å². The molecule has 3 rings (SSSR count). The fourth-order valence-electron chi connectivity index (χ4n) is 3.00.